The number of rotatable bonds is 6. The Bertz CT molecular complexity index is 1080. The van der Waals surface area contributed by atoms with Gasteiger partial charge in [-0.3, -0.25) is 4.79 Å². The van der Waals surface area contributed by atoms with Gasteiger partial charge in [0.2, 0.25) is 23.8 Å². The fourth-order valence-electron chi connectivity index (χ4n) is 5.93. The van der Waals surface area contributed by atoms with E-state index in [1.54, 1.807) is 6.07 Å². The van der Waals surface area contributed by atoms with Crippen molar-refractivity contribution in [2.75, 3.05) is 54.0 Å². The molecule has 4 heterocycles. The van der Waals surface area contributed by atoms with E-state index in [-0.39, 0.29) is 23.9 Å². The Morgan fingerprint density at radius 1 is 0.725 bits per heavy atom. The highest BCUT2D eigenvalue weighted by Crippen LogP contribution is 2.32. The van der Waals surface area contributed by atoms with E-state index in [4.69, 9.17) is 15.0 Å². The molecule has 8 nitrogen and oxygen atoms in total. The second-order valence-electron chi connectivity index (χ2n) is 11.2. The molecule has 0 bridgehead atoms. The number of carbonyl (C=O) groups excluding carboxylic acids is 1. The van der Waals surface area contributed by atoms with Crippen LogP contribution in [0, 0.1) is 5.92 Å². The minimum absolute atomic E-state index is 0.0769. The first-order chi connectivity index (χ1) is 19.4. The van der Waals surface area contributed by atoms with Gasteiger partial charge in [-0.25, -0.2) is 0 Å². The minimum atomic E-state index is -4.45. The molecule has 1 aromatic heterocycles. The number of piperidine rings is 1. The first-order valence-corrected chi connectivity index (χ1v) is 14.8. The average Bonchev–Trinajstić information content (AvgIpc) is 3.42. The molecular weight excluding hydrogens is 519 g/mol. The first-order valence-electron chi connectivity index (χ1n) is 14.8. The lowest BCUT2D eigenvalue weighted by Crippen LogP contribution is -2.41. The fraction of sp³-hybridized carbons (Fsp3) is 0.655. The number of alkyl halides is 3. The third-order valence-electron chi connectivity index (χ3n) is 8.30. The van der Waals surface area contributed by atoms with Gasteiger partial charge in [0.1, 0.15) is 0 Å². The number of benzene rings is 1. The Kier molecular flexibility index (Phi) is 9.26. The molecule has 1 N–H and O–H groups in total. The molecule has 2 aromatic rings. The number of hydrogen-bond donors (Lipinski definition) is 1. The van der Waals surface area contributed by atoms with Crippen molar-refractivity contribution in [2.45, 2.75) is 76.9 Å². The summed E-state index contributed by atoms with van der Waals surface area (Å²) < 4.78 is 40.0. The Morgan fingerprint density at radius 2 is 1.18 bits per heavy atom. The van der Waals surface area contributed by atoms with Crippen molar-refractivity contribution >= 4 is 23.8 Å². The number of amides is 1. The van der Waals surface area contributed by atoms with Gasteiger partial charge < -0.3 is 20.0 Å². The van der Waals surface area contributed by atoms with Crippen molar-refractivity contribution in [1.82, 2.24) is 20.3 Å². The van der Waals surface area contributed by atoms with Crippen molar-refractivity contribution < 1.29 is 18.0 Å². The zero-order valence-corrected chi connectivity index (χ0v) is 23.1. The molecule has 0 radical (unpaired) electrons. The Morgan fingerprint density at radius 3 is 1.65 bits per heavy atom. The van der Waals surface area contributed by atoms with Gasteiger partial charge in [-0.15, -0.1) is 0 Å². The van der Waals surface area contributed by atoms with Crippen molar-refractivity contribution in [3.8, 4) is 0 Å². The maximum atomic E-state index is 13.3. The van der Waals surface area contributed by atoms with E-state index in [0.717, 1.165) is 69.8 Å². The molecule has 40 heavy (non-hydrogen) atoms. The molecule has 5 rings (SSSR count). The van der Waals surface area contributed by atoms with Crippen LogP contribution >= 0.6 is 0 Å². The highest BCUT2D eigenvalue weighted by Gasteiger charge is 2.33. The zero-order valence-electron chi connectivity index (χ0n) is 23.1. The molecule has 11 heteroatoms. The molecule has 0 spiro atoms. The van der Waals surface area contributed by atoms with Gasteiger partial charge >= 0.3 is 6.18 Å². The summed E-state index contributed by atoms with van der Waals surface area (Å²) in [7, 11) is 0. The number of aromatic nitrogens is 3. The minimum Gasteiger partial charge on any atom is -0.352 e. The molecule has 3 aliphatic heterocycles. The van der Waals surface area contributed by atoms with Gasteiger partial charge in [0.05, 0.1) is 5.56 Å². The van der Waals surface area contributed by atoms with Crippen LogP contribution in [0.4, 0.5) is 31.0 Å². The standard InChI is InChI=1S/C29H40F3N7O/c30-29(31,32)24-12-6-5-11-23(24)21-33-25(40)22-13-19-39(20-14-22)28-35-26(37-15-7-1-2-8-16-37)34-27(36-28)38-17-9-3-4-10-18-38/h5-6,11-12,22H,1-4,7-10,13-21H2,(H,33,40). The van der Waals surface area contributed by atoms with Gasteiger partial charge in [-0.05, 0) is 50.2 Å². The maximum absolute atomic E-state index is 13.3. The Labute approximate surface area is 234 Å². The lowest BCUT2D eigenvalue weighted by Gasteiger charge is -2.33. The topological polar surface area (TPSA) is 77.5 Å². The molecule has 0 saturated carbocycles. The average molecular weight is 560 g/mol. The summed E-state index contributed by atoms with van der Waals surface area (Å²) in [5.41, 5.74) is -0.631. The normalized spacial score (nSPS) is 19.7. The summed E-state index contributed by atoms with van der Waals surface area (Å²) in [5, 5.41) is 2.74. The van der Waals surface area contributed by atoms with Crippen LogP contribution in [0.3, 0.4) is 0 Å². The van der Waals surface area contributed by atoms with Crippen molar-refractivity contribution in [3.05, 3.63) is 35.4 Å². The third-order valence-corrected chi connectivity index (χ3v) is 8.30. The second-order valence-corrected chi connectivity index (χ2v) is 11.2. The number of nitrogens with zero attached hydrogens (tertiary/aromatic N) is 6. The van der Waals surface area contributed by atoms with Crippen molar-refractivity contribution in [3.63, 3.8) is 0 Å². The Hall–Kier alpha value is -3.11. The predicted octanol–water partition coefficient (Wildman–Crippen LogP) is 5.18. The van der Waals surface area contributed by atoms with Crippen LogP contribution in [0.5, 0.6) is 0 Å². The Balaban J connectivity index is 1.25. The van der Waals surface area contributed by atoms with Gasteiger partial charge in [0.15, 0.2) is 0 Å². The van der Waals surface area contributed by atoms with Crippen LogP contribution in [0.2, 0.25) is 0 Å². The highest BCUT2D eigenvalue weighted by atomic mass is 19.4. The SMILES string of the molecule is O=C(NCc1ccccc1C(F)(F)F)C1CCN(c2nc(N3CCCCCC3)nc(N3CCCCCC3)n2)CC1. The molecule has 0 aliphatic carbocycles. The molecule has 0 atom stereocenters. The zero-order chi connectivity index (χ0) is 28.0. The molecule has 3 aliphatic rings. The highest BCUT2D eigenvalue weighted by molar-refractivity contribution is 5.79. The van der Waals surface area contributed by atoms with E-state index in [9.17, 15) is 18.0 Å². The van der Waals surface area contributed by atoms with Crippen molar-refractivity contribution in [2.24, 2.45) is 5.92 Å². The number of nitrogens with one attached hydrogen (secondary N) is 1. The monoisotopic (exact) mass is 559 g/mol. The molecule has 218 valence electrons. The number of anilines is 3. The van der Waals surface area contributed by atoms with Crippen LogP contribution in [-0.2, 0) is 17.5 Å². The van der Waals surface area contributed by atoms with Crippen LogP contribution < -0.4 is 20.0 Å². The van der Waals surface area contributed by atoms with E-state index in [2.05, 4.69) is 20.0 Å². The summed E-state index contributed by atoms with van der Waals surface area (Å²) in [6.07, 6.45) is 6.18. The second kappa shape index (κ2) is 13.0. The molecule has 0 unspecified atom stereocenters. The van der Waals surface area contributed by atoms with Gasteiger partial charge in [0.25, 0.3) is 0 Å². The van der Waals surface area contributed by atoms with Gasteiger partial charge in [-0.2, -0.15) is 28.1 Å². The molecule has 1 aromatic carbocycles. The predicted molar refractivity (Wildman–Crippen MR) is 149 cm³/mol. The summed E-state index contributed by atoms with van der Waals surface area (Å²) in [4.78, 5) is 34.4. The lowest BCUT2D eigenvalue weighted by molar-refractivity contribution is -0.138. The lowest BCUT2D eigenvalue weighted by atomic mass is 9.96. The van der Waals surface area contributed by atoms with E-state index in [1.165, 1.54) is 37.8 Å². The largest absolute Gasteiger partial charge is 0.416 e. The number of hydrogen-bond acceptors (Lipinski definition) is 7. The summed E-state index contributed by atoms with van der Waals surface area (Å²) >= 11 is 0. The fourth-order valence-corrected chi connectivity index (χ4v) is 5.93. The summed E-state index contributed by atoms with van der Waals surface area (Å²) in [6.45, 7) is 4.87. The summed E-state index contributed by atoms with van der Waals surface area (Å²) in [6, 6.07) is 5.38. The maximum Gasteiger partial charge on any atom is 0.416 e. The molecular formula is C29H40F3N7O. The first kappa shape index (κ1) is 28.4. The van der Waals surface area contributed by atoms with E-state index in [0.29, 0.717) is 31.9 Å². The van der Waals surface area contributed by atoms with E-state index in [1.807, 2.05) is 0 Å². The summed E-state index contributed by atoms with van der Waals surface area (Å²) in [5.74, 6) is 1.68. The van der Waals surface area contributed by atoms with Gasteiger partial charge in [0, 0.05) is 51.7 Å². The number of carbonyl (C=O) groups is 1. The van der Waals surface area contributed by atoms with Crippen molar-refractivity contribution in [1.29, 1.82) is 0 Å². The smallest absolute Gasteiger partial charge is 0.352 e. The van der Waals surface area contributed by atoms with E-state index >= 15 is 0 Å². The van der Waals surface area contributed by atoms with Crippen LogP contribution in [0.25, 0.3) is 0 Å². The van der Waals surface area contributed by atoms with Crippen LogP contribution in [-0.4, -0.2) is 60.1 Å². The molecule has 3 fully saturated rings. The van der Waals surface area contributed by atoms with Crippen LogP contribution in [0.15, 0.2) is 24.3 Å². The number of halogens is 3. The quantitative estimate of drug-likeness (QED) is 0.522. The third kappa shape index (κ3) is 7.14. The van der Waals surface area contributed by atoms with E-state index < -0.39 is 11.7 Å². The molecule has 3 saturated heterocycles. The molecule has 1 amide bonds. The van der Waals surface area contributed by atoms with Crippen LogP contribution in [0.1, 0.15) is 75.3 Å². The van der Waals surface area contributed by atoms with Gasteiger partial charge in [-0.1, -0.05) is 43.9 Å².